The molecule has 0 aliphatic carbocycles. The summed E-state index contributed by atoms with van der Waals surface area (Å²) in [5.74, 6) is -1.53. The van der Waals surface area contributed by atoms with Crippen molar-refractivity contribution in [1.82, 2.24) is 9.78 Å². The molecule has 1 aromatic carbocycles. The Morgan fingerprint density at radius 2 is 2.05 bits per heavy atom. The highest BCUT2D eigenvalue weighted by Crippen LogP contribution is 2.31. The fourth-order valence-corrected chi connectivity index (χ4v) is 2.27. The lowest BCUT2D eigenvalue weighted by atomic mass is 10.1. The fraction of sp³-hybridized carbons (Fsp3) is 0.231. The van der Waals surface area contributed by atoms with Crippen molar-refractivity contribution >= 4 is 17.6 Å². The Morgan fingerprint density at radius 1 is 1.40 bits per heavy atom. The van der Waals surface area contributed by atoms with Gasteiger partial charge in [-0.15, -0.1) is 0 Å². The summed E-state index contributed by atoms with van der Waals surface area (Å²) in [6, 6.07) is 5.25. The lowest BCUT2D eigenvalue weighted by Crippen LogP contribution is -2.01. The molecule has 0 atom stereocenters. The maximum absolute atomic E-state index is 12.9. The van der Waals surface area contributed by atoms with Crippen molar-refractivity contribution in [2.45, 2.75) is 20.3 Å². The second-order valence-electron chi connectivity index (χ2n) is 4.36. The predicted octanol–water partition coefficient (Wildman–Crippen LogP) is 3.78. The van der Waals surface area contributed by atoms with Crippen LogP contribution in [0.2, 0.25) is 5.15 Å². The number of carboxylic acids is 1. The van der Waals surface area contributed by atoms with Crippen LogP contribution >= 0.6 is 11.6 Å². The first-order valence-electron chi connectivity index (χ1n) is 5.70. The van der Waals surface area contributed by atoms with Crippen molar-refractivity contribution < 1.29 is 18.7 Å². The number of nitrogens with zero attached hydrogens (tertiary/aromatic N) is 2. The SMILES string of the molecule is Cc1ccc(-n2nc(C(F)F)c(C(=O)O)c2Cl)c(C)c1. The Kier molecular flexibility index (Phi) is 3.76. The smallest absolute Gasteiger partial charge is 0.341 e. The van der Waals surface area contributed by atoms with Crippen molar-refractivity contribution in [2.24, 2.45) is 0 Å². The summed E-state index contributed by atoms with van der Waals surface area (Å²) in [5, 5.41) is 12.3. The number of aromatic carboxylic acids is 1. The monoisotopic (exact) mass is 300 g/mol. The number of halogens is 3. The third kappa shape index (κ3) is 2.38. The predicted molar refractivity (Wildman–Crippen MR) is 70.0 cm³/mol. The number of hydrogen-bond donors (Lipinski definition) is 1. The van der Waals surface area contributed by atoms with Gasteiger partial charge in [0.15, 0.2) is 0 Å². The number of alkyl halides is 2. The lowest BCUT2D eigenvalue weighted by Gasteiger charge is -2.08. The van der Waals surface area contributed by atoms with Crippen LogP contribution in [0.4, 0.5) is 8.78 Å². The summed E-state index contributed by atoms with van der Waals surface area (Å²) in [6.07, 6.45) is -3.01. The number of rotatable bonds is 3. The van der Waals surface area contributed by atoms with E-state index in [0.717, 1.165) is 15.8 Å². The Hall–Kier alpha value is -1.95. The van der Waals surface area contributed by atoms with Gasteiger partial charge < -0.3 is 5.11 Å². The van der Waals surface area contributed by atoms with E-state index in [1.807, 2.05) is 13.0 Å². The van der Waals surface area contributed by atoms with E-state index in [1.54, 1.807) is 19.1 Å². The van der Waals surface area contributed by atoms with E-state index >= 15 is 0 Å². The molecule has 0 aliphatic rings. The van der Waals surface area contributed by atoms with E-state index in [1.165, 1.54) is 0 Å². The number of hydrogen-bond acceptors (Lipinski definition) is 2. The largest absolute Gasteiger partial charge is 0.478 e. The highest BCUT2D eigenvalue weighted by molar-refractivity contribution is 6.33. The zero-order valence-electron chi connectivity index (χ0n) is 10.7. The summed E-state index contributed by atoms with van der Waals surface area (Å²) in [7, 11) is 0. The number of benzene rings is 1. The van der Waals surface area contributed by atoms with Crippen LogP contribution in [0, 0.1) is 13.8 Å². The van der Waals surface area contributed by atoms with Crippen LogP contribution in [0.15, 0.2) is 18.2 Å². The van der Waals surface area contributed by atoms with E-state index in [0.29, 0.717) is 5.69 Å². The number of carbonyl (C=O) groups is 1. The Balaban J connectivity index is 2.69. The molecule has 1 N–H and O–H groups in total. The highest BCUT2D eigenvalue weighted by atomic mass is 35.5. The normalized spacial score (nSPS) is 11.1. The number of aromatic nitrogens is 2. The molecule has 0 bridgehead atoms. The van der Waals surface area contributed by atoms with Gasteiger partial charge in [0.05, 0.1) is 5.69 Å². The third-order valence-corrected chi connectivity index (χ3v) is 3.21. The van der Waals surface area contributed by atoms with Gasteiger partial charge in [0.1, 0.15) is 16.4 Å². The van der Waals surface area contributed by atoms with Gasteiger partial charge in [0.25, 0.3) is 6.43 Å². The molecule has 0 saturated heterocycles. The molecule has 0 fully saturated rings. The molecule has 1 heterocycles. The molecule has 20 heavy (non-hydrogen) atoms. The Labute approximate surface area is 118 Å². The van der Waals surface area contributed by atoms with E-state index in [-0.39, 0.29) is 5.15 Å². The van der Waals surface area contributed by atoms with Gasteiger partial charge >= 0.3 is 5.97 Å². The molecule has 2 rings (SSSR count). The Bertz CT molecular complexity index is 683. The summed E-state index contributed by atoms with van der Waals surface area (Å²) in [4.78, 5) is 11.1. The van der Waals surface area contributed by atoms with Crippen molar-refractivity contribution in [3.8, 4) is 5.69 Å². The van der Waals surface area contributed by atoms with Crippen LogP contribution in [0.5, 0.6) is 0 Å². The van der Waals surface area contributed by atoms with Gasteiger partial charge in [-0.2, -0.15) is 5.10 Å². The molecule has 0 aliphatic heterocycles. The summed E-state index contributed by atoms with van der Waals surface area (Å²) >= 11 is 5.90. The van der Waals surface area contributed by atoms with Gasteiger partial charge in [0, 0.05) is 0 Å². The standard InChI is InChI=1S/C13H11ClF2N2O2/c1-6-3-4-8(7(2)5-6)18-11(14)9(13(19)20)10(17-18)12(15)16/h3-5,12H,1-2H3,(H,19,20). The van der Waals surface area contributed by atoms with Crippen molar-refractivity contribution in [1.29, 1.82) is 0 Å². The van der Waals surface area contributed by atoms with Crippen molar-refractivity contribution in [3.63, 3.8) is 0 Å². The van der Waals surface area contributed by atoms with Gasteiger partial charge in [-0.3, -0.25) is 0 Å². The zero-order chi connectivity index (χ0) is 15.0. The molecule has 4 nitrogen and oxygen atoms in total. The van der Waals surface area contributed by atoms with Crippen LogP contribution in [0.25, 0.3) is 5.69 Å². The van der Waals surface area contributed by atoms with Crippen LogP contribution in [-0.4, -0.2) is 20.9 Å². The van der Waals surface area contributed by atoms with Gasteiger partial charge in [0.2, 0.25) is 0 Å². The molecule has 0 saturated carbocycles. The van der Waals surface area contributed by atoms with E-state index in [4.69, 9.17) is 16.7 Å². The van der Waals surface area contributed by atoms with E-state index < -0.39 is 23.7 Å². The Morgan fingerprint density at radius 3 is 2.50 bits per heavy atom. The first kappa shape index (κ1) is 14.5. The maximum atomic E-state index is 12.9. The van der Waals surface area contributed by atoms with Crippen LogP contribution < -0.4 is 0 Å². The minimum atomic E-state index is -3.01. The fourth-order valence-electron chi connectivity index (χ4n) is 1.97. The zero-order valence-corrected chi connectivity index (χ0v) is 11.4. The first-order chi connectivity index (χ1) is 9.32. The minimum absolute atomic E-state index is 0.334. The summed E-state index contributed by atoms with van der Waals surface area (Å²) < 4.78 is 26.8. The summed E-state index contributed by atoms with van der Waals surface area (Å²) in [6.45, 7) is 3.65. The molecule has 1 aromatic heterocycles. The van der Waals surface area contributed by atoms with E-state index in [2.05, 4.69) is 5.10 Å². The second-order valence-corrected chi connectivity index (χ2v) is 4.72. The van der Waals surface area contributed by atoms with Crippen molar-refractivity contribution in [3.05, 3.63) is 45.7 Å². The topological polar surface area (TPSA) is 55.1 Å². The molecule has 0 spiro atoms. The molecule has 0 amide bonds. The first-order valence-corrected chi connectivity index (χ1v) is 6.08. The molecular weight excluding hydrogens is 290 g/mol. The second kappa shape index (κ2) is 5.20. The number of aryl methyl sites for hydroxylation is 2. The molecule has 2 aromatic rings. The highest BCUT2D eigenvalue weighted by Gasteiger charge is 2.28. The molecule has 0 radical (unpaired) electrons. The van der Waals surface area contributed by atoms with Gasteiger partial charge in [-0.25, -0.2) is 18.3 Å². The minimum Gasteiger partial charge on any atom is -0.478 e. The van der Waals surface area contributed by atoms with Gasteiger partial charge in [-0.1, -0.05) is 29.3 Å². The molecule has 0 unspecified atom stereocenters. The van der Waals surface area contributed by atoms with Crippen LogP contribution in [0.1, 0.15) is 33.6 Å². The van der Waals surface area contributed by atoms with Crippen molar-refractivity contribution in [2.75, 3.05) is 0 Å². The van der Waals surface area contributed by atoms with Crippen LogP contribution in [0.3, 0.4) is 0 Å². The number of carboxylic acid groups (broad SMARTS) is 1. The average molecular weight is 301 g/mol. The molecule has 7 heteroatoms. The lowest BCUT2D eigenvalue weighted by molar-refractivity contribution is 0.0684. The van der Waals surface area contributed by atoms with Crippen LogP contribution in [-0.2, 0) is 0 Å². The molecular formula is C13H11ClF2N2O2. The quantitative estimate of drug-likeness (QED) is 0.938. The summed E-state index contributed by atoms with van der Waals surface area (Å²) in [5.41, 5.74) is 0.716. The van der Waals surface area contributed by atoms with E-state index in [9.17, 15) is 13.6 Å². The third-order valence-electron chi connectivity index (χ3n) is 2.86. The molecule has 106 valence electrons. The average Bonchev–Trinajstić information content (AvgIpc) is 2.67. The van der Waals surface area contributed by atoms with Gasteiger partial charge in [-0.05, 0) is 25.5 Å². The maximum Gasteiger partial charge on any atom is 0.341 e.